The van der Waals surface area contributed by atoms with Gasteiger partial charge in [0.25, 0.3) is 11.5 Å². The van der Waals surface area contributed by atoms with E-state index in [9.17, 15) is 9.59 Å². The van der Waals surface area contributed by atoms with E-state index in [1.807, 2.05) is 73.7 Å². The van der Waals surface area contributed by atoms with Crippen LogP contribution in [0.5, 0.6) is 0 Å². The third-order valence-electron chi connectivity index (χ3n) is 6.63. The Morgan fingerprint density at radius 3 is 2.21 bits per heavy atom. The highest BCUT2D eigenvalue weighted by atomic mass is 32.2. The van der Waals surface area contributed by atoms with Crippen LogP contribution in [0.4, 0.5) is 0 Å². The summed E-state index contributed by atoms with van der Waals surface area (Å²) >= 11 is 1.20. The summed E-state index contributed by atoms with van der Waals surface area (Å²) in [5.41, 5.74) is 5.70. The molecule has 0 unspecified atom stereocenters. The molecule has 0 aliphatic rings. The number of aryl methyl sites for hydroxylation is 1. The Balaban J connectivity index is 1.27. The first-order valence-electron chi connectivity index (χ1n) is 12.5. The Labute approximate surface area is 229 Å². The lowest BCUT2D eigenvalue weighted by Crippen LogP contribution is -2.24. The lowest BCUT2D eigenvalue weighted by Gasteiger charge is -2.14. The van der Waals surface area contributed by atoms with Crippen molar-refractivity contribution >= 4 is 56.3 Å². The highest BCUT2D eigenvalue weighted by molar-refractivity contribution is 7.99. The molecule has 6 aromatic rings. The van der Waals surface area contributed by atoms with Crippen LogP contribution in [-0.4, -0.2) is 27.4 Å². The summed E-state index contributed by atoms with van der Waals surface area (Å²) in [6.45, 7) is 1.95. The van der Waals surface area contributed by atoms with Gasteiger partial charge in [-0.25, -0.2) is 10.4 Å². The molecule has 1 N–H and O–H groups in total. The summed E-state index contributed by atoms with van der Waals surface area (Å²) in [5, 5.41) is 9.61. The van der Waals surface area contributed by atoms with E-state index in [-0.39, 0.29) is 17.2 Å². The average molecular weight is 529 g/mol. The largest absolute Gasteiger partial charge is 0.272 e. The second kappa shape index (κ2) is 10.6. The number of carbonyl (C=O) groups is 1. The van der Waals surface area contributed by atoms with Crippen molar-refractivity contribution in [1.82, 2.24) is 15.0 Å². The minimum atomic E-state index is -0.292. The molecule has 0 spiro atoms. The van der Waals surface area contributed by atoms with Gasteiger partial charge in [-0.3, -0.25) is 14.2 Å². The molecule has 5 aromatic carbocycles. The van der Waals surface area contributed by atoms with E-state index in [1.165, 1.54) is 11.8 Å². The summed E-state index contributed by atoms with van der Waals surface area (Å²) in [4.78, 5) is 31.0. The molecule has 1 aromatic heterocycles. The molecule has 0 aliphatic heterocycles. The Morgan fingerprint density at radius 1 is 0.872 bits per heavy atom. The maximum absolute atomic E-state index is 13.5. The quantitative estimate of drug-likeness (QED) is 0.0913. The van der Waals surface area contributed by atoms with Gasteiger partial charge in [0.05, 0.1) is 28.6 Å². The molecule has 0 radical (unpaired) electrons. The summed E-state index contributed by atoms with van der Waals surface area (Å²) in [7, 11) is 0. The number of amides is 1. The van der Waals surface area contributed by atoms with Gasteiger partial charge < -0.3 is 0 Å². The molecular formula is C32H24N4O2S. The molecule has 0 bridgehead atoms. The predicted molar refractivity (Wildman–Crippen MR) is 160 cm³/mol. The number of carbonyl (C=O) groups excluding carboxylic acids is 1. The molecule has 1 amide bonds. The lowest BCUT2D eigenvalue weighted by molar-refractivity contribution is -0.118. The molecule has 0 saturated carbocycles. The van der Waals surface area contributed by atoms with E-state index in [1.54, 1.807) is 16.8 Å². The van der Waals surface area contributed by atoms with E-state index in [0.717, 1.165) is 38.4 Å². The number of para-hydroxylation sites is 2. The normalized spacial score (nSPS) is 11.5. The predicted octanol–water partition coefficient (Wildman–Crippen LogP) is 6.24. The Kier molecular flexibility index (Phi) is 6.65. The minimum absolute atomic E-state index is 0.0459. The summed E-state index contributed by atoms with van der Waals surface area (Å²) in [6.07, 6.45) is 1.70. The summed E-state index contributed by atoms with van der Waals surface area (Å²) in [5.74, 6) is -0.246. The second-order valence-corrected chi connectivity index (χ2v) is 10.1. The topological polar surface area (TPSA) is 76.3 Å². The van der Waals surface area contributed by atoms with Crippen LogP contribution in [0.2, 0.25) is 0 Å². The van der Waals surface area contributed by atoms with Crippen molar-refractivity contribution in [2.45, 2.75) is 12.1 Å². The molecule has 7 heteroatoms. The number of hydrazone groups is 1. The van der Waals surface area contributed by atoms with Crippen LogP contribution in [-0.2, 0) is 4.79 Å². The van der Waals surface area contributed by atoms with Crippen LogP contribution in [0, 0.1) is 6.92 Å². The van der Waals surface area contributed by atoms with Gasteiger partial charge in [-0.15, -0.1) is 0 Å². The van der Waals surface area contributed by atoms with E-state index < -0.39 is 0 Å². The molecule has 0 saturated heterocycles. The maximum atomic E-state index is 13.5. The number of thioether (sulfide) groups is 1. The van der Waals surface area contributed by atoms with Crippen molar-refractivity contribution in [1.29, 1.82) is 0 Å². The second-order valence-electron chi connectivity index (χ2n) is 9.15. The standard InChI is InChI=1S/C32H24N4O2S/c1-21-10-2-9-17-29(21)36-31(38)26-15-7-8-16-28(26)34-32(36)39-20-30(37)35-33-19-27-24-13-5-3-11-22(24)18-23-12-4-6-14-25(23)27/h2-19H,20H2,1H3,(H,35,37)/b33-19+. The van der Waals surface area contributed by atoms with E-state index in [0.29, 0.717) is 16.1 Å². The van der Waals surface area contributed by atoms with Gasteiger partial charge in [0.15, 0.2) is 5.16 Å². The number of nitrogens with zero attached hydrogens (tertiary/aromatic N) is 3. The van der Waals surface area contributed by atoms with Gasteiger partial charge in [0.2, 0.25) is 0 Å². The van der Waals surface area contributed by atoms with Crippen LogP contribution in [0.25, 0.3) is 38.1 Å². The van der Waals surface area contributed by atoms with Crippen molar-refractivity contribution in [2.75, 3.05) is 5.75 Å². The Hall–Kier alpha value is -4.75. The van der Waals surface area contributed by atoms with Crippen LogP contribution in [0.3, 0.4) is 0 Å². The highest BCUT2D eigenvalue weighted by Crippen LogP contribution is 2.27. The monoisotopic (exact) mass is 528 g/mol. The molecule has 6 rings (SSSR count). The van der Waals surface area contributed by atoms with E-state index >= 15 is 0 Å². The van der Waals surface area contributed by atoms with E-state index in [4.69, 9.17) is 4.98 Å². The first-order chi connectivity index (χ1) is 19.1. The highest BCUT2D eigenvalue weighted by Gasteiger charge is 2.16. The maximum Gasteiger partial charge on any atom is 0.266 e. The SMILES string of the molecule is Cc1ccccc1-n1c(SCC(=O)N/N=C/c2c3ccccc3cc3ccccc23)nc2ccccc2c1=O. The van der Waals surface area contributed by atoms with Crippen LogP contribution in [0.15, 0.2) is 118 Å². The van der Waals surface area contributed by atoms with Crippen LogP contribution >= 0.6 is 11.8 Å². The van der Waals surface area contributed by atoms with Crippen molar-refractivity contribution in [3.8, 4) is 5.69 Å². The molecule has 0 aliphatic carbocycles. The minimum Gasteiger partial charge on any atom is -0.272 e. The van der Waals surface area contributed by atoms with Crippen molar-refractivity contribution in [3.63, 3.8) is 0 Å². The van der Waals surface area contributed by atoms with Crippen LogP contribution < -0.4 is 11.0 Å². The van der Waals surface area contributed by atoms with Gasteiger partial charge in [0.1, 0.15) is 0 Å². The fourth-order valence-electron chi connectivity index (χ4n) is 4.76. The van der Waals surface area contributed by atoms with Gasteiger partial charge >= 0.3 is 0 Å². The first kappa shape index (κ1) is 24.6. The fraction of sp³-hybridized carbons (Fsp3) is 0.0625. The number of hydrogen-bond donors (Lipinski definition) is 1. The summed E-state index contributed by atoms with van der Waals surface area (Å²) in [6, 6.07) is 33.3. The smallest absolute Gasteiger partial charge is 0.266 e. The first-order valence-corrected chi connectivity index (χ1v) is 13.5. The van der Waals surface area contributed by atoms with Gasteiger partial charge in [-0.1, -0.05) is 90.6 Å². The zero-order valence-electron chi connectivity index (χ0n) is 21.2. The van der Waals surface area contributed by atoms with Gasteiger partial charge in [0, 0.05) is 5.56 Å². The molecular weight excluding hydrogens is 504 g/mol. The van der Waals surface area contributed by atoms with Crippen molar-refractivity contribution < 1.29 is 4.79 Å². The molecule has 0 fully saturated rings. The fourth-order valence-corrected chi connectivity index (χ4v) is 5.55. The molecule has 1 heterocycles. The molecule has 0 atom stereocenters. The Morgan fingerprint density at radius 2 is 1.49 bits per heavy atom. The average Bonchev–Trinajstić information content (AvgIpc) is 2.96. The van der Waals surface area contributed by atoms with Gasteiger partial charge in [-0.2, -0.15) is 5.10 Å². The van der Waals surface area contributed by atoms with Gasteiger partial charge in [-0.05, 0) is 58.3 Å². The number of aromatic nitrogens is 2. The number of nitrogens with one attached hydrogen (secondary N) is 1. The number of hydrogen-bond acceptors (Lipinski definition) is 5. The number of benzene rings is 5. The van der Waals surface area contributed by atoms with E-state index in [2.05, 4.69) is 40.9 Å². The molecule has 39 heavy (non-hydrogen) atoms. The molecule has 190 valence electrons. The zero-order chi connectivity index (χ0) is 26.8. The number of rotatable bonds is 6. The summed E-state index contributed by atoms with van der Waals surface area (Å²) < 4.78 is 1.58. The third kappa shape index (κ3) is 4.80. The number of fused-ring (bicyclic) bond motifs is 3. The van der Waals surface area contributed by atoms with Crippen molar-refractivity contribution in [2.24, 2.45) is 5.10 Å². The van der Waals surface area contributed by atoms with Crippen molar-refractivity contribution in [3.05, 3.63) is 125 Å². The lowest BCUT2D eigenvalue weighted by atomic mass is 9.97. The third-order valence-corrected chi connectivity index (χ3v) is 7.57. The molecule has 6 nitrogen and oxygen atoms in total. The Bertz CT molecular complexity index is 1910. The van der Waals surface area contributed by atoms with Crippen LogP contribution in [0.1, 0.15) is 11.1 Å². The zero-order valence-corrected chi connectivity index (χ0v) is 22.0.